The van der Waals surface area contributed by atoms with E-state index in [2.05, 4.69) is 40.7 Å². The van der Waals surface area contributed by atoms with Gasteiger partial charge >= 0.3 is 0 Å². The zero-order valence-corrected chi connectivity index (χ0v) is 14.1. The summed E-state index contributed by atoms with van der Waals surface area (Å²) < 4.78 is 0. The van der Waals surface area contributed by atoms with Crippen LogP contribution in [0, 0.1) is 16.9 Å². The second-order valence-electron chi connectivity index (χ2n) is 4.49. The van der Waals surface area contributed by atoms with Gasteiger partial charge in [-0.3, -0.25) is 5.57 Å². The molecule has 0 heterocycles. The Morgan fingerprint density at radius 2 is 1.18 bits per heavy atom. The summed E-state index contributed by atoms with van der Waals surface area (Å²) >= 11 is 0. The summed E-state index contributed by atoms with van der Waals surface area (Å²) in [4.78, 5) is 0. The molecular weight excluding hydrogens is 252 g/mol. The van der Waals surface area contributed by atoms with Crippen molar-refractivity contribution in [3.63, 3.8) is 0 Å². The van der Waals surface area contributed by atoms with Crippen LogP contribution in [0.25, 0.3) is 0 Å². The van der Waals surface area contributed by atoms with Gasteiger partial charge in [-0.2, -0.15) is 6.42 Å². The molecule has 104 valence electrons. The summed E-state index contributed by atoms with van der Waals surface area (Å²) in [6, 6.07) is 0. The summed E-state index contributed by atoms with van der Waals surface area (Å²) in [6.45, 7) is 11.4. The molecule has 0 atom stereocenters. The van der Waals surface area contributed by atoms with E-state index in [0.29, 0.717) is 10.8 Å². The van der Waals surface area contributed by atoms with Crippen molar-refractivity contribution in [3.05, 3.63) is 11.6 Å². The van der Waals surface area contributed by atoms with Crippen molar-refractivity contribution in [2.24, 2.45) is 10.8 Å². The first-order valence-electron chi connectivity index (χ1n) is 5.30. The van der Waals surface area contributed by atoms with E-state index >= 15 is 0 Å². The fourth-order valence-corrected chi connectivity index (χ4v) is 1.30. The molecule has 1 aliphatic carbocycles. The van der Waals surface area contributed by atoms with Crippen molar-refractivity contribution in [3.8, 4) is 0 Å². The van der Waals surface area contributed by atoms with Crippen LogP contribution in [-0.4, -0.2) is 36.6 Å². The number of hydrogen-bond acceptors (Lipinski definition) is 3. The molecular formula is C13H29O3Ti-. The molecule has 0 unspecified atom stereocenters. The normalized spacial score (nSPS) is 17.7. The van der Waals surface area contributed by atoms with Crippen molar-refractivity contribution in [1.82, 2.24) is 0 Å². The van der Waals surface area contributed by atoms with Crippen molar-refractivity contribution < 1.29 is 37.0 Å². The maximum Gasteiger partial charge on any atom is 0.0319 e. The first-order chi connectivity index (χ1) is 7.38. The van der Waals surface area contributed by atoms with E-state index in [1.54, 1.807) is 0 Å². The summed E-state index contributed by atoms with van der Waals surface area (Å²) in [5, 5.41) is 21.0. The smallest absolute Gasteiger partial charge is 0.0319 e. The molecule has 3 nitrogen and oxygen atoms in total. The average Bonchev–Trinajstić information content (AvgIpc) is 2.50. The molecule has 0 fully saturated rings. The summed E-state index contributed by atoms with van der Waals surface area (Å²) in [5.41, 5.74) is 2.20. The molecule has 17 heavy (non-hydrogen) atoms. The number of rotatable bonds is 0. The minimum Gasteiger partial charge on any atom is -0.496 e. The number of aliphatic hydroxyl groups excluding tert-OH is 3. The van der Waals surface area contributed by atoms with Gasteiger partial charge in [-0.25, -0.2) is 0 Å². The number of allylic oxidation sites excluding steroid dienone is 2. The first kappa shape index (κ1) is 26.0. The molecule has 3 N–H and O–H groups in total. The second-order valence-corrected chi connectivity index (χ2v) is 4.49. The molecule has 0 bridgehead atoms. The first-order valence-corrected chi connectivity index (χ1v) is 5.30. The van der Waals surface area contributed by atoms with Crippen molar-refractivity contribution in [2.45, 2.75) is 41.0 Å². The third-order valence-electron chi connectivity index (χ3n) is 3.42. The Balaban J connectivity index is -0.000000106. The van der Waals surface area contributed by atoms with Gasteiger partial charge in [0.25, 0.3) is 0 Å². The van der Waals surface area contributed by atoms with Gasteiger partial charge in [0, 0.05) is 43.0 Å². The van der Waals surface area contributed by atoms with Gasteiger partial charge in [0.05, 0.1) is 0 Å². The predicted octanol–water partition coefficient (Wildman–Crippen LogP) is 2.01. The van der Waals surface area contributed by atoms with E-state index in [4.69, 9.17) is 15.3 Å². The summed E-state index contributed by atoms with van der Waals surface area (Å²) in [5.74, 6) is 0. The van der Waals surface area contributed by atoms with E-state index in [0.717, 1.165) is 27.8 Å². The molecule has 1 rings (SSSR count). The standard InChI is InChI=1S/C10H17.3CH4O.Ti/c1-8-6-7-9(2,3)10(8,4)5;3*1-2;/h7H2,1-5H3;3*2H,1H3;/q-1;;;;. The van der Waals surface area contributed by atoms with Gasteiger partial charge in [0.15, 0.2) is 0 Å². The van der Waals surface area contributed by atoms with Gasteiger partial charge in [0.1, 0.15) is 0 Å². The number of aliphatic hydroxyl groups is 3. The monoisotopic (exact) mass is 281 g/mol. The fourth-order valence-electron chi connectivity index (χ4n) is 1.30. The van der Waals surface area contributed by atoms with Crippen LogP contribution in [0.5, 0.6) is 0 Å². The molecule has 0 radical (unpaired) electrons. The Morgan fingerprint density at radius 3 is 1.24 bits per heavy atom. The van der Waals surface area contributed by atoms with E-state index in [1.807, 2.05) is 0 Å². The van der Waals surface area contributed by atoms with Crippen LogP contribution in [-0.2, 0) is 21.7 Å². The zero-order chi connectivity index (χ0) is 14.0. The molecule has 0 aromatic rings. The van der Waals surface area contributed by atoms with Crippen LogP contribution in [0.2, 0.25) is 0 Å². The minimum atomic E-state index is 0. The maximum atomic E-state index is 7.00. The average molecular weight is 281 g/mol. The Morgan fingerprint density at radius 1 is 0.882 bits per heavy atom. The van der Waals surface area contributed by atoms with E-state index < -0.39 is 0 Å². The van der Waals surface area contributed by atoms with Gasteiger partial charge in [-0.1, -0.05) is 40.0 Å². The molecule has 0 aromatic carbocycles. The largest absolute Gasteiger partial charge is 0.496 e. The Kier molecular flexibility index (Phi) is 19.6. The van der Waals surface area contributed by atoms with Gasteiger partial charge in [-0.05, 0) is 5.41 Å². The van der Waals surface area contributed by atoms with Gasteiger partial charge in [-0.15, -0.1) is 0 Å². The Hall–Kier alpha value is 0.334. The predicted molar refractivity (Wildman–Crippen MR) is 69.0 cm³/mol. The van der Waals surface area contributed by atoms with E-state index in [9.17, 15) is 0 Å². The van der Waals surface area contributed by atoms with E-state index in [1.165, 1.54) is 5.57 Å². The van der Waals surface area contributed by atoms with Crippen molar-refractivity contribution in [2.75, 3.05) is 21.3 Å². The SMILES string of the molecule is CC1=[C-]CC(C)(C)C1(C)C.CO.CO.CO.[Ti]. The van der Waals surface area contributed by atoms with Crippen LogP contribution in [0.4, 0.5) is 0 Å². The third-order valence-corrected chi connectivity index (χ3v) is 3.42. The topological polar surface area (TPSA) is 60.7 Å². The summed E-state index contributed by atoms with van der Waals surface area (Å²) in [7, 11) is 3.00. The molecule has 0 saturated carbocycles. The zero-order valence-electron chi connectivity index (χ0n) is 12.5. The van der Waals surface area contributed by atoms with Gasteiger partial charge < -0.3 is 21.4 Å². The summed E-state index contributed by atoms with van der Waals surface area (Å²) in [6.07, 6.45) is 4.53. The Labute approximate surface area is 122 Å². The van der Waals surface area contributed by atoms with Crippen molar-refractivity contribution >= 4 is 0 Å². The molecule has 1 aliphatic rings. The number of hydrogen-bond donors (Lipinski definition) is 3. The van der Waals surface area contributed by atoms with Crippen LogP contribution in [0.15, 0.2) is 5.57 Å². The van der Waals surface area contributed by atoms with Crippen LogP contribution in [0.3, 0.4) is 0 Å². The molecule has 0 spiro atoms. The minimum absolute atomic E-state index is 0. The molecule has 4 heteroatoms. The van der Waals surface area contributed by atoms with Crippen LogP contribution < -0.4 is 0 Å². The Bertz CT molecular complexity index is 187. The molecule has 0 amide bonds. The second kappa shape index (κ2) is 12.8. The third kappa shape index (κ3) is 7.37. The van der Waals surface area contributed by atoms with Crippen LogP contribution >= 0.6 is 0 Å². The molecule has 0 aliphatic heterocycles. The fraction of sp³-hybridized carbons (Fsp3) is 0.846. The van der Waals surface area contributed by atoms with Crippen molar-refractivity contribution in [1.29, 1.82) is 0 Å². The van der Waals surface area contributed by atoms with E-state index in [-0.39, 0.29) is 21.7 Å². The van der Waals surface area contributed by atoms with Crippen LogP contribution in [0.1, 0.15) is 41.0 Å². The molecule has 0 aromatic heterocycles. The maximum absolute atomic E-state index is 7.00. The molecule has 0 saturated heterocycles. The quantitative estimate of drug-likeness (QED) is 0.470. The van der Waals surface area contributed by atoms with Gasteiger partial charge in [0.2, 0.25) is 0 Å².